The molecule has 1 atom stereocenters. The maximum Gasteiger partial charge on any atom is 0.269 e. The molecule has 1 heterocycles. The van der Waals surface area contributed by atoms with Gasteiger partial charge in [0.15, 0.2) is 5.16 Å². The number of nitro groups is 1. The molecule has 0 radical (unpaired) electrons. The Labute approximate surface area is 153 Å². The van der Waals surface area contributed by atoms with E-state index in [1.807, 2.05) is 18.2 Å². The van der Waals surface area contributed by atoms with Crippen molar-refractivity contribution in [2.75, 3.05) is 12.4 Å². The van der Waals surface area contributed by atoms with Crippen LogP contribution < -0.4 is 10.1 Å². The van der Waals surface area contributed by atoms with Gasteiger partial charge in [-0.05, 0) is 31.2 Å². The number of hydrogen-bond acceptors (Lipinski definition) is 6. The summed E-state index contributed by atoms with van der Waals surface area (Å²) < 4.78 is 5.18. The molecule has 0 aliphatic carbocycles. The van der Waals surface area contributed by atoms with Crippen LogP contribution in [0.3, 0.4) is 0 Å². The molecule has 2 N–H and O–H groups in total. The van der Waals surface area contributed by atoms with Crippen molar-refractivity contribution in [3.05, 3.63) is 52.6 Å². The maximum atomic E-state index is 12.3. The molecule has 8 nitrogen and oxygen atoms in total. The third-order valence-corrected chi connectivity index (χ3v) is 4.65. The number of carbonyl (C=O) groups is 1. The first kappa shape index (κ1) is 17.7. The molecular formula is C17H16N4O4S. The summed E-state index contributed by atoms with van der Waals surface area (Å²) in [7, 11) is 1.60. The van der Waals surface area contributed by atoms with Gasteiger partial charge in [-0.3, -0.25) is 14.9 Å². The van der Waals surface area contributed by atoms with Crippen LogP contribution in [0, 0.1) is 10.1 Å². The van der Waals surface area contributed by atoms with Crippen molar-refractivity contribution < 1.29 is 14.5 Å². The number of ether oxygens (including phenoxy) is 1. The number of amides is 1. The van der Waals surface area contributed by atoms with E-state index in [1.54, 1.807) is 14.0 Å². The second-order valence-corrected chi connectivity index (χ2v) is 6.81. The normalized spacial score (nSPS) is 11.9. The molecule has 1 unspecified atom stereocenters. The summed E-state index contributed by atoms with van der Waals surface area (Å²) in [5, 5.41) is 13.6. The average molecular weight is 372 g/mol. The number of imidazole rings is 1. The number of methoxy groups -OCH3 is 1. The predicted octanol–water partition coefficient (Wildman–Crippen LogP) is 3.60. The molecule has 9 heteroatoms. The molecule has 3 aromatic rings. The molecule has 0 aliphatic heterocycles. The molecule has 0 aliphatic rings. The lowest BCUT2D eigenvalue weighted by atomic mass is 10.3. The number of carbonyl (C=O) groups excluding carboxylic acids is 1. The highest BCUT2D eigenvalue weighted by Gasteiger charge is 2.17. The van der Waals surface area contributed by atoms with E-state index in [0.717, 1.165) is 16.8 Å². The minimum atomic E-state index is -0.485. The van der Waals surface area contributed by atoms with Gasteiger partial charge in [-0.15, -0.1) is 0 Å². The number of H-pyrrole nitrogens is 1. The summed E-state index contributed by atoms with van der Waals surface area (Å²) in [6.45, 7) is 1.76. The minimum Gasteiger partial charge on any atom is -0.497 e. The Kier molecular flexibility index (Phi) is 5.08. The van der Waals surface area contributed by atoms with Crippen LogP contribution in [0.1, 0.15) is 6.92 Å². The number of nitrogens with zero attached hydrogens (tertiary/aromatic N) is 2. The summed E-state index contributed by atoms with van der Waals surface area (Å²) in [6, 6.07) is 11.2. The zero-order chi connectivity index (χ0) is 18.7. The predicted molar refractivity (Wildman–Crippen MR) is 99.7 cm³/mol. The molecule has 0 bridgehead atoms. The van der Waals surface area contributed by atoms with E-state index < -0.39 is 10.2 Å². The van der Waals surface area contributed by atoms with Crippen LogP contribution in [0.5, 0.6) is 5.75 Å². The van der Waals surface area contributed by atoms with Crippen LogP contribution in [0.15, 0.2) is 47.6 Å². The van der Waals surface area contributed by atoms with Crippen LogP contribution in [-0.4, -0.2) is 33.2 Å². The van der Waals surface area contributed by atoms with Gasteiger partial charge in [-0.1, -0.05) is 11.8 Å². The number of benzene rings is 2. The molecule has 26 heavy (non-hydrogen) atoms. The summed E-state index contributed by atoms with van der Waals surface area (Å²) >= 11 is 1.29. The van der Waals surface area contributed by atoms with E-state index in [0.29, 0.717) is 10.8 Å². The van der Waals surface area contributed by atoms with Crippen LogP contribution in [-0.2, 0) is 4.79 Å². The zero-order valence-electron chi connectivity index (χ0n) is 14.1. The van der Waals surface area contributed by atoms with E-state index in [-0.39, 0.29) is 11.6 Å². The van der Waals surface area contributed by atoms with Crippen molar-refractivity contribution in [1.82, 2.24) is 9.97 Å². The molecule has 1 amide bonds. The van der Waals surface area contributed by atoms with Gasteiger partial charge in [-0.2, -0.15) is 0 Å². The molecule has 0 saturated carbocycles. The van der Waals surface area contributed by atoms with Crippen molar-refractivity contribution >= 4 is 40.1 Å². The Balaban J connectivity index is 1.66. The van der Waals surface area contributed by atoms with Crippen molar-refractivity contribution in [3.8, 4) is 5.75 Å². The van der Waals surface area contributed by atoms with Gasteiger partial charge in [0.1, 0.15) is 5.75 Å². The third-order valence-electron chi connectivity index (χ3n) is 3.67. The molecular weight excluding hydrogens is 356 g/mol. The molecule has 2 aromatic carbocycles. The highest BCUT2D eigenvalue weighted by Crippen LogP contribution is 2.26. The number of anilines is 1. The van der Waals surface area contributed by atoms with E-state index in [4.69, 9.17) is 4.74 Å². The van der Waals surface area contributed by atoms with Crippen LogP contribution in [0.25, 0.3) is 11.0 Å². The van der Waals surface area contributed by atoms with Gasteiger partial charge in [-0.25, -0.2) is 4.98 Å². The average Bonchev–Trinajstić information content (AvgIpc) is 3.03. The Morgan fingerprint density at radius 1 is 1.31 bits per heavy atom. The first-order valence-corrected chi connectivity index (χ1v) is 8.60. The molecule has 0 saturated heterocycles. The monoisotopic (exact) mass is 372 g/mol. The largest absolute Gasteiger partial charge is 0.497 e. The van der Waals surface area contributed by atoms with Gasteiger partial charge in [0.25, 0.3) is 5.69 Å². The summed E-state index contributed by atoms with van der Waals surface area (Å²) in [5.41, 5.74) is 2.09. The first-order valence-electron chi connectivity index (χ1n) is 7.72. The van der Waals surface area contributed by atoms with Gasteiger partial charge in [0.2, 0.25) is 5.91 Å². The number of hydrogen-bond donors (Lipinski definition) is 2. The first-order chi connectivity index (χ1) is 12.5. The van der Waals surface area contributed by atoms with E-state index in [1.165, 1.54) is 36.0 Å². The fraction of sp³-hybridized carbons (Fsp3) is 0.176. The number of aromatic amines is 1. The summed E-state index contributed by atoms with van der Waals surface area (Å²) in [5.74, 6) is 0.503. The van der Waals surface area contributed by atoms with Crippen molar-refractivity contribution in [2.24, 2.45) is 0 Å². The lowest BCUT2D eigenvalue weighted by Crippen LogP contribution is -2.22. The van der Waals surface area contributed by atoms with Crippen molar-refractivity contribution in [3.63, 3.8) is 0 Å². The lowest BCUT2D eigenvalue weighted by Gasteiger charge is -2.10. The smallest absolute Gasteiger partial charge is 0.269 e. The van der Waals surface area contributed by atoms with Crippen LogP contribution >= 0.6 is 11.8 Å². The van der Waals surface area contributed by atoms with Gasteiger partial charge < -0.3 is 15.0 Å². The van der Waals surface area contributed by atoms with Gasteiger partial charge in [0.05, 0.1) is 28.3 Å². The number of fused-ring (bicyclic) bond motifs is 1. The number of non-ortho nitro benzene ring substituents is 1. The minimum absolute atomic E-state index is 0.0249. The number of thioether (sulfide) groups is 1. The van der Waals surface area contributed by atoms with Crippen molar-refractivity contribution in [2.45, 2.75) is 17.3 Å². The van der Waals surface area contributed by atoms with Gasteiger partial charge >= 0.3 is 0 Å². The van der Waals surface area contributed by atoms with Crippen molar-refractivity contribution in [1.29, 1.82) is 0 Å². The van der Waals surface area contributed by atoms with Gasteiger partial charge in [0, 0.05) is 23.9 Å². The van der Waals surface area contributed by atoms with Crippen LogP contribution in [0.2, 0.25) is 0 Å². The summed E-state index contributed by atoms with van der Waals surface area (Å²) in [6.07, 6.45) is 0. The second kappa shape index (κ2) is 7.44. The third kappa shape index (κ3) is 3.94. The number of nitrogens with one attached hydrogen (secondary N) is 2. The summed E-state index contributed by atoms with van der Waals surface area (Å²) in [4.78, 5) is 30.1. The highest BCUT2D eigenvalue weighted by molar-refractivity contribution is 8.00. The van der Waals surface area contributed by atoms with Crippen LogP contribution in [0.4, 0.5) is 11.4 Å². The molecule has 3 rings (SSSR count). The quantitative estimate of drug-likeness (QED) is 0.389. The number of aromatic nitrogens is 2. The maximum absolute atomic E-state index is 12.3. The zero-order valence-corrected chi connectivity index (χ0v) is 14.9. The molecule has 0 spiro atoms. The molecule has 134 valence electrons. The Morgan fingerprint density at radius 2 is 2.04 bits per heavy atom. The number of rotatable bonds is 6. The molecule has 1 aromatic heterocycles. The Bertz CT molecular complexity index is 955. The number of nitro benzene ring substituents is 1. The lowest BCUT2D eigenvalue weighted by molar-refractivity contribution is -0.384. The second-order valence-electron chi connectivity index (χ2n) is 5.48. The fourth-order valence-electron chi connectivity index (χ4n) is 2.28. The van der Waals surface area contributed by atoms with E-state index >= 15 is 0 Å². The fourth-order valence-corrected chi connectivity index (χ4v) is 3.10. The Morgan fingerprint density at radius 3 is 2.69 bits per heavy atom. The molecule has 0 fully saturated rings. The van der Waals surface area contributed by atoms with E-state index in [9.17, 15) is 14.9 Å². The topological polar surface area (TPSA) is 110 Å². The SMILES string of the molecule is COc1ccc2nc(SC(C)C(=O)Nc3ccc([N+](=O)[O-])cc3)[nH]c2c1. The highest BCUT2D eigenvalue weighted by atomic mass is 32.2. The Hall–Kier alpha value is -3.07. The van der Waals surface area contributed by atoms with E-state index in [2.05, 4.69) is 15.3 Å². The standard InChI is InChI=1S/C17H16N4O4S/c1-10(16(22)18-11-3-5-12(6-4-11)21(23)24)26-17-19-14-8-7-13(25-2)9-15(14)20-17/h3-10H,1-2H3,(H,18,22)(H,19,20).